The van der Waals surface area contributed by atoms with Gasteiger partial charge in [-0.1, -0.05) is 12.1 Å². The number of amides is 2. The van der Waals surface area contributed by atoms with Crippen molar-refractivity contribution in [3.63, 3.8) is 0 Å². The van der Waals surface area contributed by atoms with Gasteiger partial charge in [0.2, 0.25) is 17.7 Å². The van der Waals surface area contributed by atoms with Gasteiger partial charge in [-0.05, 0) is 30.7 Å². The minimum atomic E-state index is -0.328. The van der Waals surface area contributed by atoms with Crippen LogP contribution in [0.1, 0.15) is 25.0 Å². The van der Waals surface area contributed by atoms with Gasteiger partial charge in [-0.2, -0.15) is 4.98 Å². The minimum absolute atomic E-state index is 0.162. The van der Waals surface area contributed by atoms with Crippen molar-refractivity contribution >= 4 is 34.9 Å². The molecule has 2 amide bonds. The smallest absolute Gasteiger partial charge is 0.242 e. The van der Waals surface area contributed by atoms with E-state index in [2.05, 4.69) is 10.3 Å². The third-order valence-corrected chi connectivity index (χ3v) is 4.42. The van der Waals surface area contributed by atoms with Crippen LogP contribution < -0.4 is 15.0 Å². The summed E-state index contributed by atoms with van der Waals surface area (Å²) < 4.78 is 18.8. The second kappa shape index (κ2) is 7.92. The fraction of sp³-hybridized carbons (Fsp3) is 0.316. The first-order valence-corrected chi connectivity index (χ1v) is 8.99. The third-order valence-electron chi connectivity index (χ3n) is 4.19. The summed E-state index contributed by atoms with van der Waals surface area (Å²) in [5.41, 5.74) is 2.02. The molecular formula is C19H19ClFN3O3. The predicted molar refractivity (Wildman–Crippen MR) is 101 cm³/mol. The number of pyridine rings is 1. The zero-order valence-electron chi connectivity index (χ0n) is 15.0. The molecule has 0 bridgehead atoms. The molecule has 0 radical (unpaired) electrons. The predicted octanol–water partition coefficient (Wildman–Crippen LogP) is 3.12. The van der Waals surface area contributed by atoms with Crippen molar-refractivity contribution in [1.29, 1.82) is 0 Å². The van der Waals surface area contributed by atoms with Crippen LogP contribution in [-0.2, 0) is 16.0 Å². The molecule has 1 aliphatic heterocycles. The molecule has 6 nitrogen and oxygen atoms in total. The molecule has 0 aliphatic carbocycles. The van der Waals surface area contributed by atoms with Crippen molar-refractivity contribution in [2.45, 2.75) is 26.3 Å². The van der Waals surface area contributed by atoms with Gasteiger partial charge in [0.15, 0.2) is 0 Å². The van der Waals surface area contributed by atoms with E-state index in [0.29, 0.717) is 23.5 Å². The molecule has 0 spiro atoms. The summed E-state index contributed by atoms with van der Waals surface area (Å²) >= 11 is 5.76. The molecule has 0 saturated heterocycles. The van der Waals surface area contributed by atoms with Crippen LogP contribution in [-0.4, -0.2) is 35.3 Å². The van der Waals surface area contributed by atoms with E-state index in [1.54, 1.807) is 23.1 Å². The van der Waals surface area contributed by atoms with Gasteiger partial charge in [0, 0.05) is 18.9 Å². The van der Waals surface area contributed by atoms with E-state index in [0.717, 1.165) is 5.56 Å². The van der Waals surface area contributed by atoms with Gasteiger partial charge in [-0.25, -0.2) is 4.39 Å². The molecule has 2 aromatic rings. The second-order valence-electron chi connectivity index (χ2n) is 6.36. The Bertz CT molecular complexity index is 873. The van der Waals surface area contributed by atoms with E-state index in [9.17, 15) is 14.0 Å². The highest BCUT2D eigenvalue weighted by atomic mass is 35.5. The molecule has 1 N–H and O–H groups in total. The zero-order valence-corrected chi connectivity index (χ0v) is 15.7. The SMILES string of the molecule is CC(=O)Nc1nc2c(cc1Cc1ccc(F)cc1)N(C(=O)CCl)C(C)CO2. The summed E-state index contributed by atoms with van der Waals surface area (Å²) in [5.74, 6) is -0.414. The highest BCUT2D eigenvalue weighted by Crippen LogP contribution is 2.36. The summed E-state index contributed by atoms with van der Waals surface area (Å²) in [6.07, 6.45) is 0.396. The van der Waals surface area contributed by atoms with Crippen LogP contribution >= 0.6 is 11.6 Å². The Morgan fingerprint density at radius 3 is 2.70 bits per heavy atom. The Balaban J connectivity index is 2.06. The first kappa shape index (κ1) is 19.1. The van der Waals surface area contributed by atoms with Crippen LogP contribution in [0.3, 0.4) is 0 Å². The molecule has 8 heteroatoms. The van der Waals surface area contributed by atoms with Crippen LogP contribution in [0.2, 0.25) is 0 Å². The van der Waals surface area contributed by atoms with Crippen LogP contribution in [0, 0.1) is 5.82 Å². The quantitative estimate of drug-likeness (QED) is 0.813. The number of anilines is 2. The van der Waals surface area contributed by atoms with Gasteiger partial charge in [0.1, 0.15) is 29.8 Å². The van der Waals surface area contributed by atoms with E-state index in [-0.39, 0.29) is 42.0 Å². The largest absolute Gasteiger partial charge is 0.474 e. The van der Waals surface area contributed by atoms with Crippen LogP contribution in [0.25, 0.3) is 0 Å². The molecular weight excluding hydrogens is 373 g/mol. The van der Waals surface area contributed by atoms with Crippen LogP contribution in [0.15, 0.2) is 30.3 Å². The molecule has 27 heavy (non-hydrogen) atoms. The van der Waals surface area contributed by atoms with E-state index in [1.165, 1.54) is 19.1 Å². The minimum Gasteiger partial charge on any atom is -0.474 e. The Kier molecular flexibility index (Phi) is 5.60. The van der Waals surface area contributed by atoms with Crippen molar-refractivity contribution in [1.82, 2.24) is 4.98 Å². The maximum atomic E-state index is 13.2. The van der Waals surface area contributed by atoms with Crippen LogP contribution in [0.5, 0.6) is 5.88 Å². The van der Waals surface area contributed by atoms with Crippen molar-refractivity contribution in [2.75, 3.05) is 22.7 Å². The number of ether oxygens (including phenoxy) is 1. The molecule has 1 aliphatic rings. The summed E-state index contributed by atoms with van der Waals surface area (Å²) in [6.45, 7) is 3.52. The van der Waals surface area contributed by atoms with E-state index in [1.807, 2.05) is 6.92 Å². The van der Waals surface area contributed by atoms with Crippen molar-refractivity contribution < 1.29 is 18.7 Å². The molecule has 2 heterocycles. The number of carbonyl (C=O) groups excluding carboxylic acids is 2. The topological polar surface area (TPSA) is 71.5 Å². The van der Waals surface area contributed by atoms with Crippen molar-refractivity contribution in [3.8, 4) is 5.88 Å². The van der Waals surface area contributed by atoms with Crippen molar-refractivity contribution in [3.05, 3.63) is 47.3 Å². The lowest BCUT2D eigenvalue weighted by atomic mass is 10.0. The molecule has 1 aromatic heterocycles. The highest BCUT2D eigenvalue weighted by Gasteiger charge is 2.31. The molecule has 0 fully saturated rings. The Morgan fingerprint density at radius 1 is 1.37 bits per heavy atom. The first-order valence-electron chi connectivity index (χ1n) is 8.45. The molecule has 142 valence electrons. The standard InChI is InChI=1S/C19H19ClFN3O3/c1-11-10-27-19-16(24(11)17(26)9-20)8-14(18(23-19)22-12(2)25)7-13-3-5-15(21)6-4-13/h3-6,8,11H,7,9-10H2,1-2H3,(H,22,23,25). The zero-order chi connectivity index (χ0) is 19.6. The molecule has 0 saturated carbocycles. The second-order valence-corrected chi connectivity index (χ2v) is 6.63. The van der Waals surface area contributed by atoms with Crippen LogP contribution in [0.4, 0.5) is 15.9 Å². The number of aromatic nitrogens is 1. The fourth-order valence-corrected chi connectivity index (χ4v) is 3.12. The number of fused-ring (bicyclic) bond motifs is 1. The lowest BCUT2D eigenvalue weighted by molar-refractivity contribution is -0.117. The third kappa shape index (κ3) is 4.19. The number of hydrogen-bond acceptors (Lipinski definition) is 4. The van der Waals surface area contributed by atoms with E-state index in [4.69, 9.17) is 16.3 Å². The molecule has 1 aromatic carbocycles. The lowest BCUT2D eigenvalue weighted by Gasteiger charge is -2.34. The maximum absolute atomic E-state index is 13.2. The Labute approximate surface area is 161 Å². The summed E-state index contributed by atoms with van der Waals surface area (Å²) in [4.78, 5) is 29.9. The Morgan fingerprint density at radius 2 is 2.07 bits per heavy atom. The van der Waals surface area contributed by atoms with E-state index >= 15 is 0 Å². The van der Waals surface area contributed by atoms with E-state index < -0.39 is 0 Å². The lowest BCUT2D eigenvalue weighted by Crippen LogP contribution is -2.46. The number of carbonyl (C=O) groups is 2. The number of nitrogens with zero attached hydrogens (tertiary/aromatic N) is 2. The summed E-state index contributed by atoms with van der Waals surface area (Å²) in [5, 5.41) is 2.69. The maximum Gasteiger partial charge on any atom is 0.242 e. The number of alkyl halides is 1. The number of rotatable bonds is 4. The van der Waals surface area contributed by atoms with Gasteiger partial charge in [0.05, 0.1) is 6.04 Å². The average Bonchev–Trinajstić information content (AvgIpc) is 2.63. The number of nitrogens with one attached hydrogen (secondary N) is 1. The number of hydrogen-bond donors (Lipinski definition) is 1. The van der Waals surface area contributed by atoms with Crippen molar-refractivity contribution in [2.24, 2.45) is 0 Å². The first-order chi connectivity index (χ1) is 12.9. The van der Waals surface area contributed by atoms with Gasteiger partial charge in [-0.15, -0.1) is 11.6 Å². The van der Waals surface area contributed by atoms with Gasteiger partial charge in [0.25, 0.3) is 0 Å². The average molecular weight is 392 g/mol. The normalized spacial score (nSPS) is 15.7. The van der Waals surface area contributed by atoms with Gasteiger partial charge < -0.3 is 15.0 Å². The number of halogens is 2. The summed E-state index contributed by atoms with van der Waals surface area (Å²) in [7, 11) is 0. The highest BCUT2D eigenvalue weighted by molar-refractivity contribution is 6.29. The monoisotopic (exact) mass is 391 g/mol. The number of benzene rings is 1. The molecule has 1 unspecified atom stereocenters. The summed E-state index contributed by atoms with van der Waals surface area (Å²) in [6, 6.07) is 7.62. The molecule has 3 rings (SSSR count). The molecule has 1 atom stereocenters. The van der Waals surface area contributed by atoms with Gasteiger partial charge >= 0.3 is 0 Å². The fourth-order valence-electron chi connectivity index (χ4n) is 2.99. The van der Waals surface area contributed by atoms with Gasteiger partial charge in [-0.3, -0.25) is 9.59 Å². The Hall–Kier alpha value is -2.67.